The second-order valence-corrected chi connectivity index (χ2v) is 3.97. The lowest BCUT2D eigenvalue weighted by atomic mass is 10.2. The molecule has 98 valence electrons. The van der Waals surface area contributed by atoms with Crippen molar-refractivity contribution in [3.8, 4) is 0 Å². The second-order valence-electron chi connectivity index (χ2n) is 3.56. The smallest absolute Gasteiger partial charge is 0.257 e. The lowest BCUT2D eigenvalue weighted by Crippen LogP contribution is -2.39. The van der Waals surface area contributed by atoms with E-state index in [9.17, 15) is 9.18 Å². The molecule has 0 heterocycles. The number of amides is 1. The lowest BCUT2D eigenvalue weighted by molar-refractivity contribution is 0.0976. The van der Waals surface area contributed by atoms with Gasteiger partial charge in [0, 0.05) is 25.8 Å². The van der Waals surface area contributed by atoms with E-state index in [2.05, 4.69) is 10.6 Å². The van der Waals surface area contributed by atoms with Gasteiger partial charge in [-0.2, -0.15) is 0 Å². The number of methoxy groups -OCH3 is 1. The fourth-order valence-electron chi connectivity index (χ4n) is 1.24. The highest BCUT2D eigenvalue weighted by Gasteiger charge is 2.07. The third kappa shape index (κ3) is 5.20. The number of carbonyl (C=O) groups is 1. The zero-order valence-electron chi connectivity index (χ0n) is 10.0. The highest BCUT2D eigenvalue weighted by Crippen LogP contribution is 2.02. The molecule has 1 rings (SSSR count). The molecule has 0 radical (unpaired) electrons. The van der Waals surface area contributed by atoms with Crippen molar-refractivity contribution < 1.29 is 13.9 Å². The lowest BCUT2D eigenvalue weighted by Gasteiger charge is -2.09. The molecule has 0 unspecified atom stereocenters. The van der Waals surface area contributed by atoms with Crippen molar-refractivity contribution in [1.29, 1.82) is 0 Å². The average molecular weight is 270 g/mol. The van der Waals surface area contributed by atoms with Crippen LogP contribution in [0.5, 0.6) is 0 Å². The number of ether oxygens (including phenoxy) is 1. The molecule has 0 spiro atoms. The molecule has 18 heavy (non-hydrogen) atoms. The largest absolute Gasteiger partial charge is 0.385 e. The average Bonchev–Trinajstić information content (AvgIpc) is 2.35. The zero-order valence-corrected chi connectivity index (χ0v) is 10.8. The summed E-state index contributed by atoms with van der Waals surface area (Å²) >= 11 is 4.95. The number of benzene rings is 1. The Hall–Kier alpha value is -1.53. The summed E-state index contributed by atoms with van der Waals surface area (Å²) in [6.45, 7) is 1.25. The van der Waals surface area contributed by atoms with Crippen molar-refractivity contribution in [2.75, 3.05) is 20.3 Å². The Kier molecular flexibility index (Phi) is 6.24. The van der Waals surface area contributed by atoms with Gasteiger partial charge in [0.1, 0.15) is 5.82 Å². The molecule has 1 aromatic rings. The standard InChI is InChI=1S/C12H15FN2O2S/c1-17-8-2-7-14-12(18)15-11(16)9-3-5-10(13)6-4-9/h3-6H,2,7-8H2,1H3,(H2,14,15,16,18). The third-order valence-corrected chi connectivity index (χ3v) is 2.39. The molecule has 0 saturated heterocycles. The highest BCUT2D eigenvalue weighted by atomic mass is 32.1. The number of rotatable bonds is 5. The molecule has 0 aliphatic rings. The van der Waals surface area contributed by atoms with E-state index in [-0.39, 0.29) is 16.8 Å². The molecule has 0 aliphatic carbocycles. The van der Waals surface area contributed by atoms with Crippen LogP contribution in [0.2, 0.25) is 0 Å². The summed E-state index contributed by atoms with van der Waals surface area (Å²) in [5, 5.41) is 5.64. The van der Waals surface area contributed by atoms with Crippen molar-refractivity contribution in [3.05, 3.63) is 35.6 Å². The van der Waals surface area contributed by atoms with Crippen LogP contribution in [0.25, 0.3) is 0 Å². The van der Waals surface area contributed by atoms with Gasteiger partial charge in [-0.1, -0.05) is 0 Å². The SMILES string of the molecule is COCCCNC(=S)NC(=O)c1ccc(F)cc1. The minimum absolute atomic E-state index is 0.250. The van der Waals surface area contributed by atoms with Crippen LogP contribution in [0.15, 0.2) is 24.3 Å². The van der Waals surface area contributed by atoms with E-state index in [4.69, 9.17) is 17.0 Å². The minimum atomic E-state index is -0.383. The maximum absolute atomic E-state index is 12.7. The molecule has 4 nitrogen and oxygen atoms in total. The van der Waals surface area contributed by atoms with Gasteiger partial charge in [-0.25, -0.2) is 4.39 Å². The van der Waals surface area contributed by atoms with Crippen molar-refractivity contribution >= 4 is 23.2 Å². The van der Waals surface area contributed by atoms with E-state index >= 15 is 0 Å². The van der Waals surface area contributed by atoms with Crippen molar-refractivity contribution in [2.24, 2.45) is 0 Å². The van der Waals surface area contributed by atoms with Crippen LogP contribution in [0.1, 0.15) is 16.8 Å². The third-order valence-electron chi connectivity index (χ3n) is 2.14. The maximum atomic E-state index is 12.7. The number of hydrogen-bond acceptors (Lipinski definition) is 3. The number of carbonyl (C=O) groups excluding carboxylic acids is 1. The van der Waals surface area contributed by atoms with Crippen LogP contribution in [0.3, 0.4) is 0 Å². The van der Waals surface area contributed by atoms with Gasteiger partial charge < -0.3 is 10.1 Å². The summed E-state index contributed by atoms with van der Waals surface area (Å²) in [6.07, 6.45) is 0.795. The summed E-state index contributed by atoms with van der Waals surface area (Å²) in [5.41, 5.74) is 0.359. The van der Waals surface area contributed by atoms with Crippen molar-refractivity contribution in [2.45, 2.75) is 6.42 Å². The van der Waals surface area contributed by atoms with Gasteiger partial charge >= 0.3 is 0 Å². The first-order chi connectivity index (χ1) is 8.63. The van der Waals surface area contributed by atoms with E-state index in [1.54, 1.807) is 7.11 Å². The van der Waals surface area contributed by atoms with Gasteiger partial charge in [-0.3, -0.25) is 10.1 Å². The minimum Gasteiger partial charge on any atom is -0.385 e. The van der Waals surface area contributed by atoms with Crippen molar-refractivity contribution in [3.63, 3.8) is 0 Å². The fourth-order valence-corrected chi connectivity index (χ4v) is 1.43. The van der Waals surface area contributed by atoms with Crippen LogP contribution >= 0.6 is 12.2 Å². The first kappa shape index (κ1) is 14.5. The van der Waals surface area contributed by atoms with Crippen LogP contribution in [0, 0.1) is 5.82 Å². The van der Waals surface area contributed by atoms with Crippen molar-refractivity contribution in [1.82, 2.24) is 10.6 Å². The number of halogens is 1. The molecule has 0 bridgehead atoms. The summed E-state index contributed by atoms with van der Waals surface area (Å²) in [6, 6.07) is 5.25. The van der Waals surface area contributed by atoms with E-state index in [0.29, 0.717) is 18.7 Å². The molecular weight excluding hydrogens is 255 g/mol. The van der Waals surface area contributed by atoms with Crippen LogP contribution in [-0.4, -0.2) is 31.3 Å². The summed E-state index contributed by atoms with van der Waals surface area (Å²) in [7, 11) is 1.62. The summed E-state index contributed by atoms with van der Waals surface area (Å²) in [4.78, 5) is 11.7. The summed E-state index contributed by atoms with van der Waals surface area (Å²) < 4.78 is 17.5. The molecule has 6 heteroatoms. The predicted molar refractivity (Wildman–Crippen MR) is 71.0 cm³/mol. The van der Waals surface area contributed by atoms with E-state index in [0.717, 1.165) is 6.42 Å². The maximum Gasteiger partial charge on any atom is 0.257 e. The second kappa shape index (κ2) is 7.73. The molecule has 0 saturated carbocycles. The Morgan fingerprint density at radius 1 is 1.39 bits per heavy atom. The highest BCUT2D eigenvalue weighted by molar-refractivity contribution is 7.80. The molecular formula is C12H15FN2O2S. The Balaban J connectivity index is 2.35. The number of hydrogen-bond donors (Lipinski definition) is 2. The topological polar surface area (TPSA) is 50.4 Å². The number of thiocarbonyl (C=S) groups is 1. The van der Waals surface area contributed by atoms with Gasteiger partial charge in [0.2, 0.25) is 0 Å². The van der Waals surface area contributed by atoms with Crippen LogP contribution in [0.4, 0.5) is 4.39 Å². The monoisotopic (exact) mass is 270 g/mol. The number of nitrogens with one attached hydrogen (secondary N) is 2. The Labute approximate surface area is 111 Å². The molecule has 2 N–H and O–H groups in total. The quantitative estimate of drug-likeness (QED) is 0.628. The molecule has 0 aromatic heterocycles. The van der Waals surface area contributed by atoms with E-state index < -0.39 is 0 Å². The Morgan fingerprint density at radius 2 is 2.06 bits per heavy atom. The van der Waals surface area contributed by atoms with Gasteiger partial charge in [-0.05, 0) is 42.9 Å². The molecule has 0 atom stereocenters. The predicted octanol–water partition coefficient (Wildman–Crippen LogP) is 1.47. The molecule has 0 fully saturated rings. The summed E-state index contributed by atoms with van der Waals surface area (Å²) in [5.74, 6) is -0.744. The Morgan fingerprint density at radius 3 is 2.67 bits per heavy atom. The molecule has 1 amide bonds. The van der Waals surface area contributed by atoms with Crippen LogP contribution in [-0.2, 0) is 4.74 Å². The fraction of sp³-hybridized carbons (Fsp3) is 0.333. The first-order valence-corrected chi connectivity index (χ1v) is 5.88. The molecule has 1 aromatic carbocycles. The van der Waals surface area contributed by atoms with Gasteiger partial charge in [0.05, 0.1) is 0 Å². The van der Waals surface area contributed by atoms with Gasteiger partial charge in [-0.15, -0.1) is 0 Å². The normalized spacial score (nSPS) is 9.89. The van der Waals surface area contributed by atoms with E-state index in [1.807, 2.05) is 0 Å². The first-order valence-electron chi connectivity index (χ1n) is 5.47. The Bertz CT molecular complexity index is 409. The van der Waals surface area contributed by atoms with Gasteiger partial charge in [0.25, 0.3) is 5.91 Å². The van der Waals surface area contributed by atoms with Crippen LogP contribution < -0.4 is 10.6 Å². The van der Waals surface area contributed by atoms with E-state index in [1.165, 1.54) is 24.3 Å². The zero-order chi connectivity index (χ0) is 13.4. The van der Waals surface area contributed by atoms with Gasteiger partial charge in [0.15, 0.2) is 5.11 Å². The molecule has 0 aliphatic heterocycles.